The molecule has 44 valence electrons. The van der Waals surface area contributed by atoms with Crippen molar-refractivity contribution in [1.29, 1.82) is 0 Å². The van der Waals surface area contributed by atoms with Crippen molar-refractivity contribution in [3.63, 3.8) is 0 Å². The predicted octanol–water partition coefficient (Wildman–Crippen LogP) is 2.63. The fourth-order valence-corrected chi connectivity index (χ4v) is 1.66. The first-order valence-corrected chi connectivity index (χ1v) is 3.70. The third-order valence-electron chi connectivity index (χ3n) is 0.615. The van der Waals surface area contributed by atoms with Gasteiger partial charge in [-0.2, -0.15) is 4.39 Å². The Morgan fingerprint density at radius 2 is 2.12 bits per heavy atom. The molecule has 0 N–H and O–H groups in total. The monoisotopic (exact) mass is 246 g/mol. The number of rotatable bonds is 0. The third kappa shape index (κ3) is 1.17. The average molecular weight is 246 g/mol. The molecular formula is C4HF2IS. The highest BCUT2D eigenvalue weighted by molar-refractivity contribution is 14.1. The predicted molar refractivity (Wildman–Crippen MR) is 37.0 cm³/mol. The fourth-order valence-electron chi connectivity index (χ4n) is 0.320. The van der Waals surface area contributed by atoms with Crippen LogP contribution in [-0.2, 0) is 0 Å². The summed E-state index contributed by atoms with van der Waals surface area (Å²) >= 11 is 2.68. The molecule has 0 aliphatic carbocycles. The SMILES string of the molecule is Fc1cc(I)sc1F. The van der Waals surface area contributed by atoms with Crippen LogP contribution in [0.5, 0.6) is 0 Å². The van der Waals surface area contributed by atoms with Crippen molar-refractivity contribution in [1.82, 2.24) is 0 Å². The average Bonchev–Trinajstić information content (AvgIpc) is 1.85. The lowest BCUT2D eigenvalue weighted by molar-refractivity contribution is 0.530. The van der Waals surface area contributed by atoms with E-state index < -0.39 is 10.9 Å². The Hall–Kier alpha value is 0.290. The van der Waals surface area contributed by atoms with E-state index in [1.807, 2.05) is 22.6 Å². The molecule has 1 aromatic rings. The van der Waals surface area contributed by atoms with E-state index in [0.717, 1.165) is 11.3 Å². The molecule has 1 heterocycles. The molecule has 0 saturated heterocycles. The molecule has 0 bridgehead atoms. The first kappa shape index (κ1) is 6.41. The van der Waals surface area contributed by atoms with Crippen molar-refractivity contribution >= 4 is 33.9 Å². The van der Waals surface area contributed by atoms with Crippen LogP contribution < -0.4 is 0 Å². The van der Waals surface area contributed by atoms with E-state index in [9.17, 15) is 8.78 Å². The lowest BCUT2D eigenvalue weighted by Crippen LogP contribution is -1.64. The van der Waals surface area contributed by atoms with Gasteiger partial charge in [-0.3, -0.25) is 0 Å². The zero-order valence-corrected chi connectivity index (χ0v) is 6.59. The molecule has 1 aromatic heterocycles. The van der Waals surface area contributed by atoms with E-state index in [2.05, 4.69) is 0 Å². The minimum atomic E-state index is -0.751. The quantitative estimate of drug-likeness (QED) is 0.617. The maximum absolute atomic E-state index is 12.0. The number of hydrogen-bond donors (Lipinski definition) is 0. The van der Waals surface area contributed by atoms with Crippen LogP contribution in [0.1, 0.15) is 0 Å². The normalized spacial score (nSPS) is 9.88. The van der Waals surface area contributed by atoms with E-state index in [4.69, 9.17) is 0 Å². The van der Waals surface area contributed by atoms with Gasteiger partial charge in [-0.1, -0.05) is 11.3 Å². The summed E-state index contributed by atoms with van der Waals surface area (Å²) in [6, 6.07) is 1.17. The minimum Gasteiger partial charge on any atom is -0.203 e. The minimum absolute atomic E-state index is 0.637. The molecule has 0 unspecified atom stereocenters. The molecule has 8 heavy (non-hydrogen) atoms. The van der Waals surface area contributed by atoms with E-state index in [-0.39, 0.29) is 0 Å². The molecule has 0 spiro atoms. The standard InChI is InChI=1S/C4HF2IS/c5-2-1-3(7)8-4(2)6/h1H. The number of thiophene rings is 1. The summed E-state index contributed by atoms with van der Waals surface area (Å²) in [6.45, 7) is 0. The van der Waals surface area contributed by atoms with Crippen molar-refractivity contribution < 1.29 is 8.78 Å². The molecule has 0 atom stereocenters. The van der Waals surface area contributed by atoms with Gasteiger partial charge in [0.05, 0.1) is 2.88 Å². The van der Waals surface area contributed by atoms with Gasteiger partial charge in [0.15, 0.2) is 5.82 Å². The maximum atomic E-state index is 12.0. The highest BCUT2D eigenvalue weighted by atomic mass is 127. The summed E-state index contributed by atoms with van der Waals surface area (Å²) in [7, 11) is 0. The molecule has 0 aliphatic rings. The van der Waals surface area contributed by atoms with Gasteiger partial charge in [-0.05, 0) is 22.6 Å². The molecular weight excluding hydrogens is 245 g/mol. The topological polar surface area (TPSA) is 0 Å². The highest BCUT2D eigenvalue weighted by Gasteiger charge is 2.03. The van der Waals surface area contributed by atoms with Gasteiger partial charge in [-0.15, -0.1) is 0 Å². The molecule has 0 radical (unpaired) electrons. The second-order valence-corrected chi connectivity index (χ2v) is 4.07. The van der Waals surface area contributed by atoms with E-state index in [0.29, 0.717) is 2.88 Å². The Kier molecular flexibility index (Phi) is 1.81. The second kappa shape index (κ2) is 2.26. The van der Waals surface area contributed by atoms with Crippen LogP contribution in [0.4, 0.5) is 8.78 Å². The van der Waals surface area contributed by atoms with Crippen LogP contribution in [0.2, 0.25) is 0 Å². The van der Waals surface area contributed by atoms with Crippen LogP contribution in [0.3, 0.4) is 0 Å². The first-order chi connectivity index (χ1) is 3.70. The summed E-state index contributed by atoms with van der Waals surface area (Å²) in [6.07, 6.45) is 0. The molecule has 0 aliphatic heterocycles. The zero-order chi connectivity index (χ0) is 6.15. The highest BCUT2D eigenvalue weighted by Crippen LogP contribution is 2.19. The van der Waals surface area contributed by atoms with Gasteiger partial charge >= 0.3 is 0 Å². The lowest BCUT2D eigenvalue weighted by Gasteiger charge is -1.70. The van der Waals surface area contributed by atoms with Crippen LogP contribution in [0, 0.1) is 13.8 Å². The maximum Gasteiger partial charge on any atom is 0.213 e. The zero-order valence-electron chi connectivity index (χ0n) is 3.62. The summed E-state index contributed by atoms with van der Waals surface area (Å²) in [5.74, 6) is -0.751. The molecule has 0 amide bonds. The van der Waals surface area contributed by atoms with E-state index in [1.54, 1.807) is 0 Å². The van der Waals surface area contributed by atoms with Gasteiger partial charge in [0, 0.05) is 6.07 Å². The largest absolute Gasteiger partial charge is 0.213 e. The van der Waals surface area contributed by atoms with Crippen LogP contribution in [-0.4, -0.2) is 0 Å². The fraction of sp³-hybridized carbons (Fsp3) is 0. The van der Waals surface area contributed by atoms with Crippen LogP contribution in [0.15, 0.2) is 6.07 Å². The Bertz CT molecular complexity index is 176. The van der Waals surface area contributed by atoms with E-state index in [1.165, 1.54) is 6.07 Å². The van der Waals surface area contributed by atoms with Gasteiger partial charge in [0.25, 0.3) is 0 Å². The summed E-state index contributed by atoms with van der Waals surface area (Å²) in [4.78, 5) is 0. The van der Waals surface area contributed by atoms with Crippen molar-refractivity contribution in [2.75, 3.05) is 0 Å². The molecule has 0 fully saturated rings. The Morgan fingerprint density at radius 1 is 1.50 bits per heavy atom. The van der Waals surface area contributed by atoms with Gasteiger partial charge in [0.2, 0.25) is 5.13 Å². The van der Waals surface area contributed by atoms with Gasteiger partial charge < -0.3 is 0 Å². The molecule has 0 nitrogen and oxygen atoms in total. The summed E-state index contributed by atoms with van der Waals surface area (Å²) in [5.41, 5.74) is 0. The third-order valence-corrected chi connectivity index (χ3v) is 2.27. The first-order valence-electron chi connectivity index (χ1n) is 1.80. The molecule has 0 saturated carbocycles. The Morgan fingerprint density at radius 3 is 2.25 bits per heavy atom. The van der Waals surface area contributed by atoms with Crippen molar-refractivity contribution in [2.45, 2.75) is 0 Å². The summed E-state index contributed by atoms with van der Waals surface area (Å²) < 4.78 is 24.6. The summed E-state index contributed by atoms with van der Waals surface area (Å²) in [5, 5.41) is -0.727. The van der Waals surface area contributed by atoms with Gasteiger partial charge in [-0.25, -0.2) is 4.39 Å². The lowest BCUT2D eigenvalue weighted by atomic mass is 10.6. The van der Waals surface area contributed by atoms with Crippen molar-refractivity contribution in [2.24, 2.45) is 0 Å². The molecule has 0 aromatic carbocycles. The molecule has 1 rings (SSSR count). The van der Waals surface area contributed by atoms with Crippen LogP contribution >= 0.6 is 33.9 Å². The van der Waals surface area contributed by atoms with Crippen molar-refractivity contribution in [3.05, 3.63) is 19.9 Å². The van der Waals surface area contributed by atoms with E-state index >= 15 is 0 Å². The number of hydrogen-bond acceptors (Lipinski definition) is 1. The second-order valence-electron chi connectivity index (χ2n) is 1.17. The smallest absolute Gasteiger partial charge is 0.203 e. The van der Waals surface area contributed by atoms with Gasteiger partial charge in [0.1, 0.15) is 0 Å². The number of halogens is 3. The Labute approximate surface area is 62.7 Å². The molecule has 4 heteroatoms. The van der Waals surface area contributed by atoms with Crippen molar-refractivity contribution in [3.8, 4) is 0 Å². The Balaban J connectivity index is 3.14. The van der Waals surface area contributed by atoms with Crippen LogP contribution in [0.25, 0.3) is 0 Å².